The van der Waals surface area contributed by atoms with Crippen LogP contribution in [-0.2, 0) is 16.1 Å². The minimum atomic E-state index is -0.910. The Morgan fingerprint density at radius 1 is 1.21 bits per heavy atom. The molecule has 178 valence electrons. The molecule has 0 radical (unpaired) electrons. The molecule has 1 saturated carbocycles. The summed E-state index contributed by atoms with van der Waals surface area (Å²) < 4.78 is 28.2. The van der Waals surface area contributed by atoms with Crippen molar-refractivity contribution in [1.29, 1.82) is 0 Å². The van der Waals surface area contributed by atoms with Gasteiger partial charge in [-0.1, -0.05) is 11.3 Å². The summed E-state index contributed by atoms with van der Waals surface area (Å²) in [4.78, 5) is 48.4. The van der Waals surface area contributed by atoms with Gasteiger partial charge in [-0.3, -0.25) is 19.0 Å². The fraction of sp³-hybridized carbons (Fsp3) is 0.409. The van der Waals surface area contributed by atoms with E-state index in [1.54, 1.807) is 0 Å². The van der Waals surface area contributed by atoms with Crippen LogP contribution in [0.5, 0.6) is 0 Å². The van der Waals surface area contributed by atoms with Crippen molar-refractivity contribution in [3.63, 3.8) is 0 Å². The van der Waals surface area contributed by atoms with Crippen LogP contribution < -0.4 is 21.1 Å². The third-order valence-electron chi connectivity index (χ3n) is 5.88. The molecule has 34 heavy (non-hydrogen) atoms. The number of carbonyl (C=O) groups is 2. The Balaban J connectivity index is 1.30. The number of piperidine rings is 1. The maximum absolute atomic E-state index is 13.8. The van der Waals surface area contributed by atoms with Crippen LogP contribution in [0.4, 0.5) is 19.6 Å². The maximum atomic E-state index is 13.8. The lowest BCUT2D eigenvalue weighted by atomic mass is 9.97. The van der Waals surface area contributed by atoms with E-state index in [-0.39, 0.29) is 29.7 Å². The first-order valence-corrected chi connectivity index (χ1v) is 11.9. The van der Waals surface area contributed by atoms with E-state index < -0.39 is 23.1 Å². The second-order valence-corrected chi connectivity index (χ2v) is 9.54. The fourth-order valence-corrected chi connectivity index (χ4v) is 4.93. The van der Waals surface area contributed by atoms with Crippen LogP contribution >= 0.6 is 11.3 Å². The van der Waals surface area contributed by atoms with Crippen LogP contribution in [0.15, 0.2) is 29.3 Å². The maximum Gasteiger partial charge on any atom is 0.273 e. The average molecular weight is 489 g/mol. The number of nitrogens with zero attached hydrogens (tertiary/aromatic N) is 4. The second-order valence-electron chi connectivity index (χ2n) is 8.57. The molecule has 0 bridgehead atoms. The van der Waals surface area contributed by atoms with Crippen molar-refractivity contribution in [2.45, 2.75) is 38.3 Å². The number of anilines is 2. The summed E-state index contributed by atoms with van der Waals surface area (Å²) in [5.74, 6) is -2.38. The van der Waals surface area contributed by atoms with E-state index in [4.69, 9.17) is 0 Å². The summed E-state index contributed by atoms with van der Waals surface area (Å²) in [5.41, 5.74) is -0.349. The third-order valence-corrected chi connectivity index (χ3v) is 6.97. The Bertz CT molecular complexity index is 1320. The van der Waals surface area contributed by atoms with Gasteiger partial charge in [0.2, 0.25) is 11.8 Å². The van der Waals surface area contributed by atoms with E-state index in [0.717, 1.165) is 48.9 Å². The number of hydrogen-bond acceptors (Lipinski definition) is 7. The molecule has 1 saturated heterocycles. The number of fused-ring (bicyclic) bond motifs is 1. The number of halogens is 2. The molecule has 5 rings (SSSR count). The van der Waals surface area contributed by atoms with Crippen LogP contribution in [0.1, 0.15) is 25.7 Å². The number of benzene rings is 1. The molecule has 9 nitrogen and oxygen atoms in total. The highest BCUT2D eigenvalue weighted by Gasteiger charge is 2.31. The van der Waals surface area contributed by atoms with Gasteiger partial charge in [0.1, 0.15) is 29.2 Å². The topological polar surface area (TPSA) is 109 Å². The lowest BCUT2D eigenvalue weighted by Gasteiger charge is -2.31. The zero-order valence-corrected chi connectivity index (χ0v) is 18.9. The number of carbonyl (C=O) groups excluding carboxylic acids is 2. The first-order valence-electron chi connectivity index (χ1n) is 11.0. The van der Waals surface area contributed by atoms with Gasteiger partial charge in [-0.05, 0) is 37.8 Å². The molecule has 0 spiro atoms. The van der Waals surface area contributed by atoms with Crippen LogP contribution in [0, 0.1) is 17.6 Å². The first kappa shape index (κ1) is 22.4. The van der Waals surface area contributed by atoms with Gasteiger partial charge in [0.05, 0.1) is 11.6 Å². The minimum Gasteiger partial charge on any atom is -0.353 e. The molecule has 1 atom stereocenters. The third kappa shape index (κ3) is 4.76. The Kier molecular flexibility index (Phi) is 5.98. The van der Waals surface area contributed by atoms with E-state index in [1.807, 2.05) is 4.90 Å². The first-order chi connectivity index (χ1) is 16.4. The molecule has 1 aromatic carbocycles. The summed E-state index contributed by atoms with van der Waals surface area (Å²) in [5, 5.41) is 5.99. The van der Waals surface area contributed by atoms with Crippen LogP contribution in [0.2, 0.25) is 0 Å². The fourth-order valence-electron chi connectivity index (χ4n) is 3.93. The summed E-state index contributed by atoms with van der Waals surface area (Å²) in [6.07, 6.45) is 4.95. The standard InChI is InChI=1S/C22H22F2N6O3S/c23-13-3-6-16(15(24)8-13)27-17(31)10-30-11-25-19-18(21(30)33)34-22(28-19)29-7-1-2-12(9-29)20(32)26-14-4-5-14/h3,6,8,11-12,14H,1-2,4-5,7,9-10H2,(H,26,32)(H,27,31). The smallest absolute Gasteiger partial charge is 0.273 e. The van der Waals surface area contributed by atoms with Crippen molar-refractivity contribution in [1.82, 2.24) is 19.9 Å². The molecule has 3 aromatic rings. The quantitative estimate of drug-likeness (QED) is 0.551. The van der Waals surface area contributed by atoms with Gasteiger partial charge >= 0.3 is 0 Å². The monoisotopic (exact) mass is 488 g/mol. The van der Waals surface area contributed by atoms with Crippen molar-refractivity contribution in [2.24, 2.45) is 5.92 Å². The number of amides is 2. The molecule has 3 heterocycles. The highest BCUT2D eigenvalue weighted by atomic mass is 32.1. The van der Waals surface area contributed by atoms with Gasteiger partial charge in [-0.15, -0.1) is 0 Å². The molecule has 2 amide bonds. The zero-order valence-electron chi connectivity index (χ0n) is 18.1. The average Bonchev–Trinajstić information content (AvgIpc) is 3.52. The number of rotatable bonds is 6. The van der Waals surface area contributed by atoms with Crippen LogP contribution in [0.3, 0.4) is 0 Å². The molecule has 2 fully saturated rings. The molecule has 1 unspecified atom stereocenters. The zero-order chi connectivity index (χ0) is 23.8. The van der Waals surface area contributed by atoms with Crippen LogP contribution in [-0.4, -0.2) is 45.5 Å². The van der Waals surface area contributed by atoms with Gasteiger partial charge in [0.15, 0.2) is 10.8 Å². The van der Waals surface area contributed by atoms with Gasteiger partial charge in [0.25, 0.3) is 5.56 Å². The van der Waals surface area contributed by atoms with E-state index in [2.05, 4.69) is 20.6 Å². The summed E-state index contributed by atoms with van der Waals surface area (Å²) >= 11 is 1.17. The van der Waals surface area contributed by atoms with Crippen molar-refractivity contribution >= 4 is 44.3 Å². The Hall–Kier alpha value is -3.41. The Morgan fingerprint density at radius 2 is 2.03 bits per heavy atom. The van der Waals surface area contributed by atoms with Crippen molar-refractivity contribution in [3.8, 4) is 0 Å². The van der Waals surface area contributed by atoms with Gasteiger partial charge in [0, 0.05) is 25.2 Å². The SMILES string of the molecule is O=C(Cn1cnc2nc(N3CCCC(C(=O)NC4CC4)C3)sc2c1=O)Nc1ccc(F)cc1F. The van der Waals surface area contributed by atoms with Crippen molar-refractivity contribution in [2.75, 3.05) is 23.3 Å². The van der Waals surface area contributed by atoms with Crippen molar-refractivity contribution in [3.05, 3.63) is 46.5 Å². The van der Waals surface area contributed by atoms with Crippen LogP contribution in [0.25, 0.3) is 10.3 Å². The van der Waals surface area contributed by atoms with Gasteiger partial charge in [-0.25, -0.2) is 13.8 Å². The van der Waals surface area contributed by atoms with Gasteiger partial charge < -0.3 is 15.5 Å². The molecule has 12 heteroatoms. The molecular weight excluding hydrogens is 466 g/mol. The van der Waals surface area contributed by atoms with E-state index >= 15 is 0 Å². The summed E-state index contributed by atoms with van der Waals surface area (Å²) in [6, 6.07) is 3.11. The number of thiazole rings is 1. The number of nitrogens with one attached hydrogen (secondary N) is 2. The van der Waals surface area contributed by atoms with E-state index in [9.17, 15) is 23.2 Å². The molecule has 1 aliphatic carbocycles. The van der Waals surface area contributed by atoms with E-state index in [1.165, 1.54) is 17.7 Å². The second kappa shape index (κ2) is 9.09. The molecule has 1 aliphatic heterocycles. The largest absolute Gasteiger partial charge is 0.353 e. The minimum absolute atomic E-state index is 0.0670. The van der Waals surface area contributed by atoms with Gasteiger partial charge in [-0.2, -0.15) is 4.98 Å². The molecule has 2 N–H and O–H groups in total. The molecule has 2 aliphatic rings. The lowest BCUT2D eigenvalue weighted by molar-refractivity contribution is -0.125. The number of hydrogen-bond donors (Lipinski definition) is 2. The van der Waals surface area contributed by atoms with E-state index in [0.29, 0.717) is 28.5 Å². The normalized spacial score (nSPS) is 18.2. The Morgan fingerprint density at radius 3 is 2.79 bits per heavy atom. The predicted molar refractivity (Wildman–Crippen MR) is 123 cm³/mol. The molecule has 2 aromatic heterocycles. The lowest BCUT2D eigenvalue weighted by Crippen LogP contribution is -2.43. The summed E-state index contributed by atoms with van der Waals surface area (Å²) in [7, 11) is 0. The summed E-state index contributed by atoms with van der Waals surface area (Å²) in [6.45, 7) is 0.865. The highest BCUT2D eigenvalue weighted by molar-refractivity contribution is 7.22. The highest BCUT2D eigenvalue weighted by Crippen LogP contribution is 2.30. The number of aromatic nitrogens is 3. The Labute approximate surface area is 196 Å². The predicted octanol–water partition coefficient (Wildman–Crippen LogP) is 2.26. The van der Waals surface area contributed by atoms with Crippen molar-refractivity contribution < 1.29 is 18.4 Å². The molecular formula is C22H22F2N6O3S.